The van der Waals surface area contributed by atoms with Gasteiger partial charge >= 0.3 is 5.97 Å². The second-order valence-electron chi connectivity index (χ2n) is 5.32. The SMILES string of the molecule is O=C(COC(=O)CCNS(=O)(=O)c1cccc(Cl)c1)Nc1ccc(Br)cc1. The van der Waals surface area contributed by atoms with E-state index in [0.717, 1.165) is 4.47 Å². The van der Waals surface area contributed by atoms with Crippen molar-refractivity contribution >= 4 is 55.1 Å². The Morgan fingerprint density at radius 3 is 2.48 bits per heavy atom. The summed E-state index contributed by atoms with van der Waals surface area (Å²) in [5, 5.41) is 2.86. The largest absolute Gasteiger partial charge is 0.456 e. The lowest BCUT2D eigenvalue weighted by atomic mass is 10.3. The topological polar surface area (TPSA) is 102 Å². The van der Waals surface area contributed by atoms with E-state index in [9.17, 15) is 18.0 Å². The van der Waals surface area contributed by atoms with E-state index in [1.807, 2.05) is 0 Å². The van der Waals surface area contributed by atoms with Gasteiger partial charge in [-0.2, -0.15) is 0 Å². The number of esters is 1. The number of hydrogen-bond acceptors (Lipinski definition) is 5. The van der Waals surface area contributed by atoms with E-state index < -0.39 is 28.5 Å². The van der Waals surface area contributed by atoms with Crippen molar-refractivity contribution in [1.82, 2.24) is 4.72 Å². The molecule has 1 amide bonds. The fourth-order valence-corrected chi connectivity index (χ4v) is 3.55. The zero-order valence-corrected chi connectivity index (χ0v) is 17.1. The van der Waals surface area contributed by atoms with Crippen LogP contribution in [0.25, 0.3) is 0 Å². The average Bonchev–Trinajstić information content (AvgIpc) is 2.62. The molecular weight excluding hydrogens is 460 g/mol. The van der Waals surface area contributed by atoms with E-state index in [-0.39, 0.29) is 22.9 Å². The monoisotopic (exact) mass is 474 g/mol. The van der Waals surface area contributed by atoms with Crippen molar-refractivity contribution in [2.24, 2.45) is 0 Å². The molecule has 27 heavy (non-hydrogen) atoms. The molecule has 2 N–H and O–H groups in total. The van der Waals surface area contributed by atoms with E-state index in [2.05, 4.69) is 26.0 Å². The van der Waals surface area contributed by atoms with E-state index in [0.29, 0.717) is 5.69 Å². The van der Waals surface area contributed by atoms with E-state index in [1.165, 1.54) is 18.2 Å². The molecule has 7 nitrogen and oxygen atoms in total. The number of anilines is 1. The molecule has 2 aromatic carbocycles. The van der Waals surface area contributed by atoms with Crippen LogP contribution >= 0.6 is 27.5 Å². The summed E-state index contributed by atoms with van der Waals surface area (Å²) in [6.45, 7) is -0.627. The predicted molar refractivity (Wildman–Crippen MR) is 105 cm³/mol. The number of halogens is 2. The van der Waals surface area contributed by atoms with Crippen LogP contribution in [0.15, 0.2) is 57.9 Å². The number of amides is 1. The number of sulfonamides is 1. The Bertz CT molecular complexity index is 919. The van der Waals surface area contributed by atoms with Crippen LogP contribution in [0, 0.1) is 0 Å². The number of carbonyl (C=O) groups is 2. The molecule has 0 fully saturated rings. The number of benzene rings is 2. The van der Waals surface area contributed by atoms with Crippen LogP contribution in [0.2, 0.25) is 5.02 Å². The third-order valence-corrected chi connectivity index (χ3v) is 5.44. The van der Waals surface area contributed by atoms with Gasteiger partial charge < -0.3 is 10.1 Å². The lowest BCUT2D eigenvalue weighted by Gasteiger charge is -2.08. The first-order chi connectivity index (χ1) is 12.8. The Morgan fingerprint density at radius 2 is 1.81 bits per heavy atom. The fraction of sp³-hybridized carbons (Fsp3) is 0.176. The highest BCUT2D eigenvalue weighted by atomic mass is 79.9. The minimum atomic E-state index is -3.78. The number of ether oxygens (including phenoxy) is 1. The van der Waals surface area contributed by atoms with Gasteiger partial charge in [-0.1, -0.05) is 33.6 Å². The normalized spacial score (nSPS) is 11.0. The molecule has 0 saturated carbocycles. The highest BCUT2D eigenvalue weighted by Gasteiger charge is 2.15. The van der Waals surface area contributed by atoms with Gasteiger partial charge in [0.05, 0.1) is 11.3 Å². The Morgan fingerprint density at radius 1 is 1.11 bits per heavy atom. The van der Waals surface area contributed by atoms with Crippen molar-refractivity contribution in [2.75, 3.05) is 18.5 Å². The Hall–Kier alpha value is -1.94. The van der Waals surface area contributed by atoms with Gasteiger partial charge in [0.25, 0.3) is 5.91 Å². The molecule has 0 bridgehead atoms. The number of hydrogen-bond donors (Lipinski definition) is 2. The lowest BCUT2D eigenvalue weighted by Crippen LogP contribution is -2.28. The van der Waals surface area contributed by atoms with Crippen LogP contribution in [0.5, 0.6) is 0 Å². The van der Waals surface area contributed by atoms with Gasteiger partial charge in [-0.3, -0.25) is 9.59 Å². The van der Waals surface area contributed by atoms with Gasteiger partial charge in [0, 0.05) is 21.7 Å². The zero-order valence-electron chi connectivity index (χ0n) is 13.9. The Labute approximate surface area is 170 Å². The molecule has 0 aromatic heterocycles. The zero-order chi connectivity index (χ0) is 19.9. The summed E-state index contributed by atoms with van der Waals surface area (Å²) in [5.74, 6) is -1.19. The van der Waals surface area contributed by atoms with Gasteiger partial charge in [0.2, 0.25) is 10.0 Å². The molecule has 2 rings (SSSR count). The van der Waals surface area contributed by atoms with Crippen LogP contribution in [0.1, 0.15) is 6.42 Å². The summed E-state index contributed by atoms with van der Waals surface area (Å²) < 4.78 is 32.1. The maximum atomic E-state index is 12.1. The first kappa shape index (κ1) is 21.4. The number of nitrogens with one attached hydrogen (secondary N) is 2. The highest BCUT2D eigenvalue weighted by Crippen LogP contribution is 2.15. The van der Waals surface area contributed by atoms with Crippen molar-refractivity contribution in [3.8, 4) is 0 Å². The van der Waals surface area contributed by atoms with Crippen LogP contribution < -0.4 is 10.0 Å². The fourth-order valence-electron chi connectivity index (χ4n) is 1.95. The van der Waals surface area contributed by atoms with Gasteiger partial charge in [0.1, 0.15) is 0 Å². The van der Waals surface area contributed by atoms with Crippen molar-refractivity contribution < 1.29 is 22.7 Å². The van der Waals surface area contributed by atoms with Crippen LogP contribution in [0.3, 0.4) is 0 Å². The van der Waals surface area contributed by atoms with Crippen molar-refractivity contribution in [3.63, 3.8) is 0 Å². The quantitative estimate of drug-likeness (QED) is 0.572. The van der Waals surface area contributed by atoms with Crippen LogP contribution in [-0.4, -0.2) is 33.4 Å². The van der Waals surface area contributed by atoms with E-state index in [1.54, 1.807) is 30.3 Å². The van der Waals surface area contributed by atoms with Crippen LogP contribution in [-0.2, 0) is 24.3 Å². The van der Waals surface area contributed by atoms with Gasteiger partial charge in [-0.15, -0.1) is 0 Å². The minimum absolute atomic E-state index is 0.00255. The summed E-state index contributed by atoms with van der Waals surface area (Å²) >= 11 is 9.05. The third kappa shape index (κ3) is 7.30. The van der Waals surface area contributed by atoms with Crippen molar-refractivity contribution in [1.29, 1.82) is 0 Å². The standard InChI is InChI=1S/C17H16BrClN2O5S/c18-12-4-6-14(7-5-12)21-16(22)11-26-17(23)8-9-20-27(24,25)15-3-1-2-13(19)10-15/h1-7,10,20H,8-9,11H2,(H,21,22). The molecule has 0 aliphatic carbocycles. The maximum Gasteiger partial charge on any atom is 0.307 e. The van der Waals surface area contributed by atoms with Gasteiger partial charge in [-0.05, 0) is 42.5 Å². The minimum Gasteiger partial charge on any atom is -0.456 e. The maximum absolute atomic E-state index is 12.1. The van der Waals surface area contributed by atoms with Crippen molar-refractivity contribution in [2.45, 2.75) is 11.3 Å². The van der Waals surface area contributed by atoms with Gasteiger partial charge in [-0.25, -0.2) is 13.1 Å². The number of rotatable bonds is 8. The molecule has 2 aromatic rings. The molecule has 0 atom stereocenters. The molecule has 0 aliphatic heterocycles. The predicted octanol–water partition coefficient (Wildman–Crippen LogP) is 2.95. The van der Waals surface area contributed by atoms with Crippen molar-refractivity contribution in [3.05, 3.63) is 58.0 Å². The Balaban J connectivity index is 1.73. The second kappa shape index (κ2) is 9.84. The molecule has 0 aliphatic rings. The molecule has 0 radical (unpaired) electrons. The summed E-state index contributed by atoms with van der Waals surface area (Å²) in [6, 6.07) is 12.6. The van der Waals surface area contributed by atoms with Gasteiger partial charge in [0.15, 0.2) is 6.61 Å². The summed E-state index contributed by atoms with van der Waals surface area (Å²) in [6.07, 6.45) is -0.217. The first-order valence-electron chi connectivity index (χ1n) is 7.72. The molecule has 0 heterocycles. The summed E-state index contributed by atoms with van der Waals surface area (Å²) in [4.78, 5) is 23.4. The smallest absolute Gasteiger partial charge is 0.307 e. The van der Waals surface area contributed by atoms with E-state index in [4.69, 9.17) is 16.3 Å². The molecule has 144 valence electrons. The summed E-state index contributed by atoms with van der Waals surface area (Å²) in [5.41, 5.74) is 0.563. The molecule has 0 saturated heterocycles. The highest BCUT2D eigenvalue weighted by molar-refractivity contribution is 9.10. The Kier molecular flexibility index (Phi) is 7.78. The molecule has 0 unspecified atom stereocenters. The summed E-state index contributed by atoms with van der Waals surface area (Å²) in [7, 11) is -3.78. The molecule has 10 heteroatoms. The second-order valence-corrected chi connectivity index (χ2v) is 8.44. The average molecular weight is 476 g/mol. The lowest BCUT2D eigenvalue weighted by molar-refractivity contribution is -0.147. The molecule has 0 spiro atoms. The number of carbonyl (C=O) groups excluding carboxylic acids is 2. The third-order valence-electron chi connectivity index (χ3n) is 3.22. The van der Waals surface area contributed by atoms with Crippen LogP contribution in [0.4, 0.5) is 5.69 Å². The van der Waals surface area contributed by atoms with E-state index >= 15 is 0 Å². The molecular formula is C17H16BrClN2O5S. The first-order valence-corrected chi connectivity index (χ1v) is 10.4.